The molecule has 1 amide bonds. The molecule has 1 aromatic carbocycles. The molecule has 1 aromatic rings. The lowest BCUT2D eigenvalue weighted by molar-refractivity contribution is 0.0951. The van der Waals surface area contributed by atoms with Gasteiger partial charge in [-0.1, -0.05) is 45.1 Å². The van der Waals surface area contributed by atoms with Crippen LogP contribution in [0.5, 0.6) is 0 Å². The smallest absolute Gasteiger partial charge is 0.252 e. The van der Waals surface area contributed by atoms with Gasteiger partial charge < -0.3 is 5.32 Å². The molecule has 0 atom stereocenters. The van der Waals surface area contributed by atoms with Crippen molar-refractivity contribution in [3.63, 3.8) is 0 Å². The van der Waals surface area contributed by atoms with E-state index in [-0.39, 0.29) is 10.4 Å². The summed E-state index contributed by atoms with van der Waals surface area (Å²) in [6.07, 6.45) is 7.10. The van der Waals surface area contributed by atoms with E-state index in [1.54, 1.807) is 12.1 Å². The van der Waals surface area contributed by atoms with Crippen LogP contribution in [0, 0.1) is 5.82 Å². The van der Waals surface area contributed by atoms with Crippen LogP contribution in [-0.4, -0.2) is 12.5 Å². The Balaban J connectivity index is 2.26. The monoisotopic (exact) mass is 329 g/mol. The Morgan fingerprint density at radius 2 is 1.89 bits per heavy atom. The van der Waals surface area contributed by atoms with E-state index in [4.69, 9.17) is 0 Å². The zero-order valence-corrected chi connectivity index (χ0v) is 12.9. The molecule has 4 heteroatoms. The fourth-order valence-electron chi connectivity index (χ4n) is 1.88. The highest BCUT2D eigenvalue weighted by Gasteiger charge is 2.11. The highest BCUT2D eigenvalue weighted by atomic mass is 79.9. The molecule has 106 valence electrons. The van der Waals surface area contributed by atoms with Gasteiger partial charge in [0.1, 0.15) is 5.82 Å². The quantitative estimate of drug-likeness (QED) is 0.689. The summed E-state index contributed by atoms with van der Waals surface area (Å²) in [5.41, 5.74) is 0.353. The molecule has 1 N–H and O–H groups in total. The van der Waals surface area contributed by atoms with Crippen molar-refractivity contribution in [2.75, 3.05) is 6.54 Å². The second kappa shape index (κ2) is 9.08. The molecule has 0 saturated heterocycles. The predicted octanol–water partition coefficient (Wildman–Crippen LogP) is 4.68. The van der Waals surface area contributed by atoms with Crippen molar-refractivity contribution in [1.29, 1.82) is 0 Å². The zero-order chi connectivity index (χ0) is 14.1. The zero-order valence-electron chi connectivity index (χ0n) is 11.3. The van der Waals surface area contributed by atoms with Crippen molar-refractivity contribution >= 4 is 21.8 Å². The van der Waals surface area contributed by atoms with Crippen LogP contribution in [0.2, 0.25) is 0 Å². The van der Waals surface area contributed by atoms with Gasteiger partial charge in [0.25, 0.3) is 5.91 Å². The van der Waals surface area contributed by atoms with Gasteiger partial charge in [0.2, 0.25) is 0 Å². The lowest BCUT2D eigenvalue weighted by Crippen LogP contribution is -2.25. The SMILES string of the molecule is CCCCCCCCNC(=O)c1cccc(F)c1Br. The largest absolute Gasteiger partial charge is 0.352 e. The summed E-state index contributed by atoms with van der Waals surface area (Å²) < 4.78 is 13.5. The molecule has 19 heavy (non-hydrogen) atoms. The van der Waals surface area contributed by atoms with Crippen molar-refractivity contribution in [3.8, 4) is 0 Å². The number of carbonyl (C=O) groups excluding carboxylic acids is 1. The van der Waals surface area contributed by atoms with Gasteiger partial charge in [-0.05, 0) is 34.5 Å². The lowest BCUT2D eigenvalue weighted by atomic mass is 10.1. The van der Waals surface area contributed by atoms with E-state index >= 15 is 0 Å². The van der Waals surface area contributed by atoms with Crippen molar-refractivity contribution in [2.45, 2.75) is 45.4 Å². The number of halogens is 2. The van der Waals surface area contributed by atoms with Crippen LogP contribution in [0.4, 0.5) is 4.39 Å². The van der Waals surface area contributed by atoms with E-state index in [0.29, 0.717) is 12.1 Å². The number of benzene rings is 1. The van der Waals surface area contributed by atoms with E-state index in [0.717, 1.165) is 12.8 Å². The molecule has 0 heterocycles. The number of rotatable bonds is 8. The normalized spacial score (nSPS) is 10.5. The molecule has 0 aromatic heterocycles. The van der Waals surface area contributed by atoms with Gasteiger partial charge in [-0.2, -0.15) is 0 Å². The van der Waals surface area contributed by atoms with Gasteiger partial charge in [0.05, 0.1) is 10.0 Å². The molecule has 0 unspecified atom stereocenters. The second-order valence-electron chi connectivity index (χ2n) is 4.63. The van der Waals surface area contributed by atoms with Crippen LogP contribution in [-0.2, 0) is 0 Å². The van der Waals surface area contributed by atoms with E-state index in [9.17, 15) is 9.18 Å². The Morgan fingerprint density at radius 1 is 1.21 bits per heavy atom. The van der Waals surface area contributed by atoms with E-state index in [1.165, 1.54) is 31.7 Å². The van der Waals surface area contributed by atoms with Crippen LogP contribution < -0.4 is 5.32 Å². The Hall–Kier alpha value is -0.900. The van der Waals surface area contributed by atoms with Gasteiger partial charge in [-0.3, -0.25) is 4.79 Å². The highest BCUT2D eigenvalue weighted by molar-refractivity contribution is 9.10. The Kier molecular flexibility index (Phi) is 7.72. The third-order valence-corrected chi connectivity index (χ3v) is 3.82. The van der Waals surface area contributed by atoms with Crippen LogP contribution in [0.3, 0.4) is 0 Å². The maximum absolute atomic E-state index is 13.3. The minimum atomic E-state index is -0.410. The van der Waals surface area contributed by atoms with Gasteiger partial charge >= 0.3 is 0 Å². The van der Waals surface area contributed by atoms with Crippen LogP contribution in [0.15, 0.2) is 22.7 Å². The first-order valence-corrected chi connectivity index (χ1v) is 7.68. The number of unbranched alkanes of at least 4 members (excludes halogenated alkanes) is 5. The van der Waals surface area contributed by atoms with Crippen molar-refractivity contribution < 1.29 is 9.18 Å². The molecule has 0 aliphatic carbocycles. The summed E-state index contributed by atoms with van der Waals surface area (Å²) in [4.78, 5) is 11.8. The first-order chi connectivity index (χ1) is 9.16. The third-order valence-electron chi connectivity index (χ3n) is 3.01. The Morgan fingerprint density at radius 3 is 2.63 bits per heavy atom. The van der Waals surface area contributed by atoms with Crippen LogP contribution in [0.25, 0.3) is 0 Å². The maximum Gasteiger partial charge on any atom is 0.252 e. The number of hydrogen-bond donors (Lipinski definition) is 1. The fourth-order valence-corrected chi connectivity index (χ4v) is 2.33. The molecule has 1 rings (SSSR count). The number of hydrogen-bond acceptors (Lipinski definition) is 1. The Bertz CT molecular complexity index is 409. The van der Waals surface area contributed by atoms with E-state index in [2.05, 4.69) is 28.2 Å². The fraction of sp³-hybridized carbons (Fsp3) is 0.533. The van der Waals surface area contributed by atoms with E-state index in [1.807, 2.05) is 0 Å². The van der Waals surface area contributed by atoms with E-state index < -0.39 is 5.82 Å². The van der Waals surface area contributed by atoms with Gasteiger partial charge in [-0.15, -0.1) is 0 Å². The molecule has 0 fully saturated rings. The standard InChI is InChI=1S/C15H21BrFNO/c1-2-3-4-5-6-7-11-18-15(19)12-9-8-10-13(17)14(12)16/h8-10H,2-7,11H2,1H3,(H,18,19). The Labute approximate surface area is 122 Å². The van der Waals surface area contributed by atoms with Gasteiger partial charge in [-0.25, -0.2) is 4.39 Å². The molecule has 0 radical (unpaired) electrons. The summed E-state index contributed by atoms with van der Waals surface area (Å²) in [6, 6.07) is 4.48. The number of nitrogens with one attached hydrogen (secondary N) is 1. The molecule has 0 aliphatic heterocycles. The first-order valence-electron chi connectivity index (χ1n) is 6.89. The average Bonchev–Trinajstić information content (AvgIpc) is 2.40. The van der Waals surface area contributed by atoms with Crippen LogP contribution >= 0.6 is 15.9 Å². The van der Waals surface area contributed by atoms with Gasteiger partial charge in [0, 0.05) is 6.54 Å². The molecule has 0 aliphatic rings. The summed E-state index contributed by atoms with van der Waals surface area (Å²) >= 11 is 3.10. The molecule has 0 spiro atoms. The summed E-state index contributed by atoms with van der Waals surface area (Å²) in [6.45, 7) is 2.84. The van der Waals surface area contributed by atoms with Crippen molar-refractivity contribution in [3.05, 3.63) is 34.1 Å². The molecular weight excluding hydrogens is 309 g/mol. The average molecular weight is 330 g/mol. The van der Waals surface area contributed by atoms with Crippen molar-refractivity contribution in [2.24, 2.45) is 0 Å². The summed E-state index contributed by atoms with van der Waals surface area (Å²) in [7, 11) is 0. The topological polar surface area (TPSA) is 29.1 Å². The van der Waals surface area contributed by atoms with Crippen molar-refractivity contribution in [1.82, 2.24) is 5.32 Å². The molecule has 2 nitrogen and oxygen atoms in total. The summed E-state index contributed by atoms with van der Waals surface area (Å²) in [5.74, 6) is -0.632. The molecular formula is C15H21BrFNO. The summed E-state index contributed by atoms with van der Waals surface area (Å²) in [5, 5.41) is 2.82. The third kappa shape index (κ3) is 5.72. The molecule has 0 bridgehead atoms. The highest BCUT2D eigenvalue weighted by Crippen LogP contribution is 2.20. The minimum Gasteiger partial charge on any atom is -0.352 e. The first kappa shape index (κ1) is 16.2. The number of amides is 1. The number of carbonyl (C=O) groups is 1. The predicted molar refractivity (Wildman–Crippen MR) is 79.8 cm³/mol. The van der Waals surface area contributed by atoms with Crippen LogP contribution in [0.1, 0.15) is 55.8 Å². The minimum absolute atomic E-state index is 0.222. The van der Waals surface area contributed by atoms with Gasteiger partial charge in [0.15, 0.2) is 0 Å². The lowest BCUT2D eigenvalue weighted by Gasteiger charge is -2.07. The molecule has 0 saturated carbocycles. The second-order valence-corrected chi connectivity index (χ2v) is 5.42. The maximum atomic E-state index is 13.3.